The number of nitrogens with one attached hydrogen (secondary N) is 1. The summed E-state index contributed by atoms with van der Waals surface area (Å²) >= 11 is 0. The predicted molar refractivity (Wildman–Crippen MR) is 72.3 cm³/mol. The van der Waals surface area contributed by atoms with Gasteiger partial charge in [0.1, 0.15) is 5.75 Å². The van der Waals surface area contributed by atoms with Gasteiger partial charge in [0.05, 0.1) is 7.11 Å². The molecule has 0 amide bonds. The highest BCUT2D eigenvalue weighted by Crippen LogP contribution is 2.19. The molecule has 0 radical (unpaired) electrons. The highest BCUT2D eigenvalue weighted by atomic mass is 16.5. The van der Waals surface area contributed by atoms with E-state index in [1.807, 2.05) is 6.92 Å². The Morgan fingerprint density at radius 2 is 2.06 bits per heavy atom. The van der Waals surface area contributed by atoms with Crippen LogP contribution in [0.2, 0.25) is 0 Å². The molecule has 17 heavy (non-hydrogen) atoms. The maximum absolute atomic E-state index is 5.73. The van der Waals surface area contributed by atoms with Crippen molar-refractivity contribution in [3.05, 3.63) is 29.3 Å². The first-order valence-electron chi connectivity index (χ1n) is 6.15. The summed E-state index contributed by atoms with van der Waals surface area (Å²) < 4.78 is 5.31. The number of rotatable bonds is 6. The predicted octanol–water partition coefficient (Wildman–Crippen LogP) is 2.08. The van der Waals surface area contributed by atoms with Crippen LogP contribution >= 0.6 is 0 Å². The zero-order chi connectivity index (χ0) is 12.8. The molecule has 1 rings (SSSR count). The summed E-state index contributed by atoms with van der Waals surface area (Å²) in [5.74, 6) is 1.49. The largest absolute Gasteiger partial charge is 0.496 e. The van der Waals surface area contributed by atoms with E-state index in [4.69, 9.17) is 10.5 Å². The van der Waals surface area contributed by atoms with E-state index >= 15 is 0 Å². The Labute approximate surface area is 104 Å². The summed E-state index contributed by atoms with van der Waals surface area (Å²) in [4.78, 5) is 0. The fourth-order valence-electron chi connectivity index (χ4n) is 1.81. The first-order valence-corrected chi connectivity index (χ1v) is 6.15. The highest BCUT2D eigenvalue weighted by molar-refractivity contribution is 5.36. The van der Waals surface area contributed by atoms with Gasteiger partial charge in [-0.15, -0.1) is 0 Å². The lowest BCUT2D eigenvalue weighted by atomic mass is 10.0. The van der Waals surface area contributed by atoms with Gasteiger partial charge in [-0.25, -0.2) is 0 Å². The van der Waals surface area contributed by atoms with Crippen LogP contribution in [0.4, 0.5) is 0 Å². The van der Waals surface area contributed by atoms with Crippen molar-refractivity contribution in [2.24, 2.45) is 11.7 Å². The van der Waals surface area contributed by atoms with Crippen molar-refractivity contribution >= 4 is 0 Å². The quantitative estimate of drug-likeness (QED) is 0.795. The fraction of sp³-hybridized carbons (Fsp3) is 0.571. The van der Waals surface area contributed by atoms with Crippen molar-refractivity contribution in [3.63, 3.8) is 0 Å². The van der Waals surface area contributed by atoms with Gasteiger partial charge in [0.25, 0.3) is 0 Å². The van der Waals surface area contributed by atoms with Crippen molar-refractivity contribution < 1.29 is 4.74 Å². The number of hydrogen-bond donors (Lipinski definition) is 2. The molecule has 0 saturated carbocycles. The van der Waals surface area contributed by atoms with Crippen LogP contribution in [0.1, 0.15) is 25.0 Å². The second kappa shape index (κ2) is 6.62. The van der Waals surface area contributed by atoms with Crippen LogP contribution in [0, 0.1) is 12.8 Å². The Morgan fingerprint density at radius 3 is 2.59 bits per heavy atom. The molecule has 3 heteroatoms. The van der Waals surface area contributed by atoms with Gasteiger partial charge in [-0.05, 0) is 30.0 Å². The molecule has 0 aromatic heterocycles. The molecule has 0 bridgehead atoms. The van der Waals surface area contributed by atoms with Gasteiger partial charge in [0, 0.05) is 19.1 Å². The molecule has 1 unspecified atom stereocenters. The lowest BCUT2D eigenvalue weighted by molar-refractivity contribution is 0.400. The second-order valence-electron chi connectivity index (χ2n) is 4.77. The molecule has 1 aromatic carbocycles. The monoisotopic (exact) mass is 236 g/mol. The van der Waals surface area contributed by atoms with Crippen LogP contribution in [-0.4, -0.2) is 19.7 Å². The first-order chi connectivity index (χ1) is 8.08. The molecule has 1 aromatic rings. The third-order valence-electron chi connectivity index (χ3n) is 3.10. The van der Waals surface area contributed by atoms with E-state index in [-0.39, 0.29) is 0 Å². The van der Waals surface area contributed by atoms with Crippen LogP contribution in [0.25, 0.3) is 0 Å². The summed E-state index contributed by atoms with van der Waals surface area (Å²) in [7, 11) is 1.70. The zero-order valence-corrected chi connectivity index (χ0v) is 11.3. The molecule has 3 N–H and O–H groups in total. The molecule has 3 nitrogen and oxygen atoms in total. The van der Waals surface area contributed by atoms with Crippen molar-refractivity contribution in [3.8, 4) is 5.75 Å². The summed E-state index contributed by atoms with van der Waals surface area (Å²) in [5, 5.41) is 3.48. The summed E-state index contributed by atoms with van der Waals surface area (Å²) in [6.45, 7) is 7.91. The van der Waals surface area contributed by atoms with Crippen LogP contribution in [0.3, 0.4) is 0 Å². The van der Waals surface area contributed by atoms with Gasteiger partial charge in [-0.2, -0.15) is 0 Å². The van der Waals surface area contributed by atoms with Crippen molar-refractivity contribution in [1.29, 1.82) is 0 Å². The van der Waals surface area contributed by atoms with E-state index in [0.717, 1.165) is 17.9 Å². The normalized spacial score (nSPS) is 12.8. The Bertz CT molecular complexity index is 350. The lowest BCUT2D eigenvalue weighted by Crippen LogP contribution is -2.39. The molecule has 96 valence electrons. The summed E-state index contributed by atoms with van der Waals surface area (Å²) in [6, 6.07) is 6.65. The summed E-state index contributed by atoms with van der Waals surface area (Å²) in [6.07, 6.45) is 0. The van der Waals surface area contributed by atoms with E-state index in [9.17, 15) is 0 Å². The maximum Gasteiger partial charge on any atom is 0.122 e. The first kappa shape index (κ1) is 14.0. The molecule has 0 aliphatic rings. The Hall–Kier alpha value is -1.06. The topological polar surface area (TPSA) is 47.3 Å². The standard InChI is InChI=1S/C14H24N2O/c1-10(2)13(8-15)16-9-12-6-5-11(3)14(7-12)17-4/h5-7,10,13,16H,8-9,15H2,1-4H3. The number of benzene rings is 1. The van der Waals surface area contributed by atoms with Crippen LogP contribution in [0.5, 0.6) is 5.75 Å². The smallest absolute Gasteiger partial charge is 0.122 e. The van der Waals surface area contributed by atoms with Gasteiger partial charge >= 0.3 is 0 Å². The van der Waals surface area contributed by atoms with E-state index in [0.29, 0.717) is 18.5 Å². The number of hydrogen-bond acceptors (Lipinski definition) is 3. The van der Waals surface area contributed by atoms with Crippen molar-refractivity contribution in [2.45, 2.75) is 33.4 Å². The van der Waals surface area contributed by atoms with Crippen LogP contribution < -0.4 is 15.8 Å². The van der Waals surface area contributed by atoms with Gasteiger partial charge < -0.3 is 15.8 Å². The third kappa shape index (κ3) is 4.02. The van der Waals surface area contributed by atoms with E-state index in [1.165, 1.54) is 5.56 Å². The highest BCUT2D eigenvalue weighted by Gasteiger charge is 2.10. The number of methoxy groups -OCH3 is 1. The maximum atomic E-state index is 5.73. The minimum atomic E-state index is 0.363. The van der Waals surface area contributed by atoms with Gasteiger partial charge in [-0.1, -0.05) is 26.0 Å². The van der Waals surface area contributed by atoms with E-state index < -0.39 is 0 Å². The SMILES string of the molecule is COc1cc(CNC(CN)C(C)C)ccc1C. The average molecular weight is 236 g/mol. The van der Waals surface area contributed by atoms with E-state index in [1.54, 1.807) is 7.11 Å². The zero-order valence-electron chi connectivity index (χ0n) is 11.3. The molecule has 1 atom stereocenters. The molecular weight excluding hydrogens is 212 g/mol. The van der Waals surface area contributed by atoms with Crippen LogP contribution in [0.15, 0.2) is 18.2 Å². The Morgan fingerprint density at radius 1 is 1.35 bits per heavy atom. The number of ether oxygens (including phenoxy) is 1. The number of nitrogens with two attached hydrogens (primary N) is 1. The number of aryl methyl sites for hydroxylation is 1. The molecule has 0 saturated heterocycles. The molecule has 0 aliphatic heterocycles. The molecule has 0 heterocycles. The van der Waals surface area contributed by atoms with E-state index in [2.05, 4.69) is 37.4 Å². The van der Waals surface area contributed by atoms with Gasteiger partial charge in [0.15, 0.2) is 0 Å². The molecular formula is C14H24N2O. The summed E-state index contributed by atoms with van der Waals surface area (Å²) in [5.41, 5.74) is 8.12. The Balaban J connectivity index is 2.63. The Kier molecular flexibility index (Phi) is 5.45. The van der Waals surface area contributed by atoms with Crippen LogP contribution in [-0.2, 0) is 6.54 Å². The second-order valence-corrected chi connectivity index (χ2v) is 4.77. The molecule has 0 aliphatic carbocycles. The lowest BCUT2D eigenvalue weighted by Gasteiger charge is -2.20. The minimum Gasteiger partial charge on any atom is -0.496 e. The third-order valence-corrected chi connectivity index (χ3v) is 3.10. The van der Waals surface area contributed by atoms with Gasteiger partial charge in [0.2, 0.25) is 0 Å². The van der Waals surface area contributed by atoms with Crippen molar-refractivity contribution in [1.82, 2.24) is 5.32 Å². The fourth-order valence-corrected chi connectivity index (χ4v) is 1.81. The van der Waals surface area contributed by atoms with Gasteiger partial charge in [-0.3, -0.25) is 0 Å². The molecule has 0 fully saturated rings. The minimum absolute atomic E-state index is 0.363. The molecule has 0 spiro atoms. The van der Waals surface area contributed by atoms with Crippen molar-refractivity contribution in [2.75, 3.05) is 13.7 Å². The average Bonchev–Trinajstić information content (AvgIpc) is 2.31.